The number of carbonyl (C=O) groups is 1. The van der Waals surface area contributed by atoms with Gasteiger partial charge in [-0.25, -0.2) is 4.98 Å². The number of carbonyl (C=O) groups excluding carboxylic acids is 1. The Bertz CT molecular complexity index is 800. The van der Waals surface area contributed by atoms with Gasteiger partial charge in [-0.1, -0.05) is 6.92 Å². The molecule has 0 bridgehead atoms. The molecule has 4 rings (SSSR count). The molecule has 2 heterocycles. The Hall–Kier alpha value is -2.08. The summed E-state index contributed by atoms with van der Waals surface area (Å²) in [5, 5.41) is 3.26. The number of methoxy groups -OCH3 is 1. The van der Waals surface area contributed by atoms with Gasteiger partial charge < -0.3 is 19.5 Å². The molecule has 1 aromatic carbocycles. The number of benzene rings is 1. The van der Waals surface area contributed by atoms with E-state index in [-0.39, 0.29) is 5.91 Å². The normalized spacial score (nSPS) is 25.1. The van der Waals surface area contributed by atoms with E-state index in [0.717, 1.165) is 35.6 Å². The molecule has 24 heavy (non-hydrogen) atoms. The van der Waals surface area contributed by atoms with E-state index >= 15 is 0 Å². The van der Waals surface area contributed by atoms with Crippen LogP contribution in [0.3, 0.4) is 0 Å². The Labute approximate surface area is 141 Å². The molecule has 2 fully saturated rings. The van der Waals surface area contributed by atoms with Crippen LogP contribution >= 0.6 is 0 Å². The zero-order chi connectivity index (χ0) is 16.9. The first-order chi connectivity index (χ1) is 11.5. The molecule has 1 saturated heterocycles. The van der Waals surface area contributed by atoms with Crippen LogP contribution in [0.5, 0.6) is 0 Å². The maximum Gasteiger partial charge on any atom is 0.253 e. The van der Waals surface area contributed by atoms with E-state index in [9.17, 15) is 4.79 Å². The van der Waals surface area contributed by atoms with Gasteiger partial charge >= 0.3 is 0 Å². The lowest BCUT2D eigenvalue weighted by Gasteiger charge is -2.19. The number of anilines is 1. The van der Waals surface area contributed by atoms with Crippen molar-refractivity contribution in [2.75, 3.05) is 38.7 Å². The number of imidazole rings is 1. The lowest BCUT2D eigenvalue weighted by atomic mass is 10.1. The molecule has 2 aliphatic rings. The van der Waals surface area contributed by atoms with Crippen molar-refractivity contribution >= 4 is 22.9 Å². The number of nitrogens with one attached hydrogen (secondary N) is 1. The number of aryl methyl sites for hydroxylation is 1. The van der Waals surface area contributed by atoms with Crippen LogP contribution in [0.2, 0.25) is 0 Å². The number of likely N-dealkylation sites (tertiary alicyclic amines) is 1. The third-order valence-corrected chi connectivity index (χ3v) is 5.54. The number of piperidine rings is 1. The van der Waals surface area contributed by atoms with Crippen molar-refractivity contribution in [1.82, 2.24) is 14.5 Å². The molecule has 1 aromatic heterocycles. The first kappa shape index (κ1) is 15.4. The summed E-state index contributed by atoms with van der Waals surface area (Å²) < 4.78 is 7.06. The monoisotopic (exact) mass is 328 g/mol. The molecular weight excluding hydrogens is 304 g/mol. The van der Waals surface area contributed by atoms with Crippen molar-refractivity contribution in [3.05, 3.63) is 23.8 Å². The first-order valence-electron chi connectivity index (χ1n) is 8.50. The third-order valence-electron chi connectivity index (χ3n) is 5.54. The molecule has 0 radical (unpaired) electrons. The molecule has 1 saturated carbocycles. The molecule has 2 aromatic rings. The van der Waals surface area contributed by atoms with Crippen LogP contribution in [0.15, 0.2) is 18.2 Å². The summed E-state index contributed by atoms with van der Waals surface area (Å²) in [4.78, 5) is 19.4. The number of aromatic nitrogens is 2. The highest BCUT2D eigenvalue weighted by atomic mass is 16.5. The standard InChI is InChI=1S/C18H24N4O2/c1-18-9-13(18)10-22(11-18)16(23)12-4-5-15-14(8-12)20-17(21(15)2)19-6-7-24-3/h4-5,8,13H,6-7,9-11H2,1-3H3,(H,19,20). The summed E-state index contributed by atoms with van der Waals surface area (Å²) in [6.07, 6.45) is 1.27. The second kappa shape index (κ2) is 5.48. The largest absolute Gasteiger partial charge is 0.383 e. The van der Waals surface area contributed by atoms with Crippen LogP contribution < -0.4 is 5.32 Å². The molecule has 128 valence electrons. The Morgan fingerprint density at radius 3 is 3.04 bits per heavy atom. The molecule has 1 amide bonds. The molecule has 1 aliphatic carbocycles. The summed E-state index contributed by atoms with van der Waals surface area (Å²) in [6, 6.07) is 5.80. The van der Waals surface area contributed by atoms with Gasteiger partial charge in [0.1, 0.15) is 0 Å². The quantitative estimate of drug-likeness (QED) is 0.854. The van der Waals surface area contributed by atoms with Crippen molar-refractivity contribution in [2.45, 2.75) is 13.3 Å². The highest BCUT2D eigenvalue weighted by Gasteiger charge is 2.57. The van der Waals surface area contributed by atoms with Gasteiger partial charge in [0.05, 0.1) is 17.6 Å². The third kappa shape index (κ3) is 2.45. The number of hydrogen-bond acceptors (Lipinski definition) is 4. The molecule has 2 unspecified atom stereocenters. The number of rotatable bonds is 5. The van der Waals surface area contributed by atoms with Gasteiger partial charge in [-0.05, 0) is 36.0 Å². The summed E-state index contributed by atoms with van der Waals surface area (Å²) in [5.74, 6) is 1.63. The first-order valence-corrected chi connectivity index (χ1v) is 8.50. The van der Waals surface area contributed by atoms with E-state index in [1.807, 2.05) is 34.7 Å². The van der Waals surface area contributed by atoms with Crippen LogP contribution in [0, 0.1) is 11.3 Å². The molecule has 6 nitrogen and oxygen atoms in total. The fraction of sp³-hybridized carbons (Fsp3) is 0.556. The zero-order valence-corrected chi connectivity index (χ0v) is 14.5. The Kier molecular flexibility index (Phi) is 3.53. The maximum absolute atomic E-state index is 12.8. The fourth-order valence-electron chi connectivity index (χ4n) is 3.84. The predicted molar refractivity (Wildman–Crippen MR) is 93.2 cm³/mol. The second-order valence-electron chi connectivity index (χ2n) is 7.36. The second-order valence-corrected chi connectivity index (χ2v) is 7.36. The SMILES string of the molecule is COCCNc1nc2cc(C(=O)N3CC4CC4(C)C3)ccc2n1C. The molecule has 6 heteroatoms. The Balaban J connectivity index is 1.55. The van der Waals surface area contributed by atoms with Gasteiger partial charge in [0.2, 0.25) is 5.95 Å². The van der Waals surface area contributed by atoms with Gasteiger partial charge in [0.25, 0.3) is 5.91 Å². The van der Waals surface area contributed by atoms with Crippen LogP contribution in [0.1, 0.15) is 23.7 Å². The van der Waals surface area contributed by atoms with Crippen LogP contribution in [-0.4, -0.2) is 53.7 Å². The average Bonchev–Trinajstić information content (AvgIpc) is 2.92. The summed E-state index contributed by atoms with van der Waals surface area (Å²) in [5.41, 5.74) is 2.97. The van der Waals surface area contributed by atoms with Gasteiger partial charge in [-0.15, -0.1) is 0 Å². The predicted octanol–water partition coefficient (Wildman–Crippen LogP) is 2.11. The van der Waals surface area contributed by atoms with E-state index in [4.69, 9.17) is 4.74 Å². The highest BCUT2D eigenvalue weighted by Crippen LogP contribution is 2.57. The summed E-state index contributed by atoms with van der Waals surface area (Å²) >= 11 is 0. The van der Waals surface area contributed by atoms with Crippen molar-refractivity contribution < 1.29 is 9.53 Å². The van der Waals surface area contributed by atoms with Crippen LogP contribution in [-0.2, 0) is 11.8 Å². The van der Waals surface area contributed by atoms with E-state index in [0.29, 0.717) is 24.5 Å². The van der Waals surface area contributed by atoms with Crippen molar-refractivity contribution in [2.24, 2.45) is 18.4 Å². The summed E-state index contributed by atoms with van der Waals surface area (Å²) in [6.45, 7) is 5.40. The minimum atomic E-state index is 0.130. The Morgan fingerprint density at radius 1 is 1.50 bits per heavy atom. The van der Waals surface area contributed by atoms with Gasteiger partial charge in [0, 0.05) is 39.4 Å². The smallest absolute Gasteiger partial charge is 0.253 e. The van der Waals surface area contributed by atoms with Gasteiger partial charge in [0.15, 0.2) is 0 Å². The van der Waals surface area contributed by atoms with Gasteiger partial charge in [-0.3, -0.25) is 4.79 Å². The van der Waals surface area contributed by atoms with Crippen molar-refractivity contribution in [3.8, 4) is 0 Å². The van der Waals surface area contributed by atoms with E-state index < -0.39 is 0 Å². The molecule has 1 N–H and O–H groups in total. The van der Waals surface area contributed by atoms with Crippen LogP contribution in [0.25, 0.3) is 11.0 Å². The van der Waals surface area contributed by atoms with Crippen molar-refractivity contribution in [1.29, 1.82) is 0 Å². The van der Waals surface area contributed by atoms with Gasteiger partial charge in [-0.2, -0.15) is 0 Å². The minimum Gasteiger partial charge on any atom is -0.383 e. The highest BCUT2D eigenvalue weighted by molar-refractivity contribution is 5.98. The van der Waals surface area contributed by atoms with Crippen LogP contribution in [0.4, 0.5) is 5.95 Å². The van der Waals surface area contributed by atoms with E-state index in [1.54, 1.807) is 7.11 Å². The maximum atomic E-state index is 12.8. The number of hydrogen-bond donors (Lipinski definition) is 1. The fourth-order valence-corrected chi connectivity index (χ4v) is 3.84. The molecule has 1 aliphatic heterocycles. The molecule has 2 atom stereocenters. The molecule has 0 spiro atoms. The van der Waals surface area contributed by atoms with Crippen molar-refractivity contribution in [3.63, 3.8) is 0 Å². The topological polar surface area (TPSA) is 59.4 Å². The summed E-state index contributed by atoms with van der Waals surface area (Å²) in [7, 11) is 3.65. The number of amides is 1. The number of nitrogens with zero attached hydrogens (tertiary/aromatic N) is 3. The number of fused-ring (bicyclic) bond motifs is 2. The molecular formula is C18H24N4O2. The average molecular weight is 328 g/mol. The lowest BCUT2D eigenvalue weighted by molar-refractivity contribution is 0.0767. The van der Waals surface area contributed by atoms with E-state index in [2.05, 4.69) is 17.2 Å². The number of ether oxygens (including phenoxy) is 1. The Morgan fingerprint density at radius 2 is 2.33 bits per heavy atom. The van der Waals surface area contributed by atoms with E-state index in [1.165, 1.54) is 6.42 Å². The lowest BCUT2D eigenvalue weighted by Crippen LogP contribution is -2.31. The minimum absolute atomic E-state index is 0.130. The zero-order valence-electron chi connectivity index (χ0n) is 14.5.